The molecule has 1 aromatic carbocycles. The highest BCUT2D eigenvalue weighted by Crippen LogP contribution is 2.31. The Balaban J connectivity index is 2.55. The van der Waals surface area contributed by atoms with Crippen LogP contribution in [0.5, 0.6) is 0 Å². The maximum absolute atomic E-state index is 11.6. The van der Waals surface area contributed by atoms with Gasteiger partial charge in [0.25, 0.3) is 0 Å². The molecule has 1 aliphatic rings. The quantitative estimate of drug-likeness (QED) is 0.747. The van der Waals surface area contributed by atoms with Crippen molar-refractivity contribution in [3.63, 3.8) is 0 Å². The zero-order chi connectivity index (χ0) is 10.8. The number of hydrogen-bond acceptors (Lipinski definition) is 3. The Kier molecular flexibility index (Phi) is 2.82. The van der Waals surface area contributed by atoms with Gasteiger partial charge in [0.15, 0.2) is 0 Å². The molecule has 1 heterocycles. The van der Waals surface area contributed by atoms with Gasteiger partial charge in [-0.1, -0.05) is 11.6 Å². The molecule has 0 saturated carbocycles. The third-order valence-corrected chi connectivity index (χ3v) is 2.89. The van der Waals surface area contributed by atoms with Crippen molar-refractivity contribution in [2.75, 3.05) is 19.0 Å². The number of rotatable bonds is 1. The first-order valence-corrected chi connectivity index (χ1v) is 5.25. The van der Waals surface area contributed by atoms with Crippen molar-refractivity contribution >= 4 is 23.3 Å². The molecule has 3 nitrogen and oxygen atoms in total. The molecule has 1 N–H and O–H groups in total. The Hall–Kier alpha value is -1.22. The second kappa shape index (κ2) is 4.11. The van der Waals surface area contributed by atoms with Crippen LogP contribution in [0.2, 0.25) is 5.02 Å². The van der Waals surface area contributed by atoms with E-state index in [1.165, 1.54) is 7.11 Å². The van der Waals surface area contributed by atoms with Gasteiger partial charge in [-0.05, 0) is 30.5 Å². The van der Waals surface area contributed by atoms with Gasteiger partial charge in [-0.25, -0.2) is 4.79 Å². The number of esters is 1. The van der Waals surface area contributed by atoms with Crippen molar-refractivity contribution < 1.29 is 9.53 Å². The monoisotopic (exact) mass is 225 g/mol. The Bertz CT molecular complexity index is 404. The van der Waals surface area contributed by atoms with Crippen LogP contribution in [0.1, 0.15) is 22.3 Å². The Morgan fingerprint density at radius 3 is 3.07 bits per heavy atom. The lowest BCUT2D eigenvalue weighted by molar-refractivity contribution is 0.0599. The van der Waals surface area contributed by atoms with Crippen LogP contribution >= 0.6 is 11.6 Å². The van der Waals surface area contributed by atoms with Gasteiger partial charge in [-0.2, -0.15) is 0 Å². The van der Waals surface area contributed by atoms with Gasteiger partial charge < -0.3 is 10.1 Å². The maximum Gasteiger partial charge on any atom is 0.339 e. The highest BCUT2D eigenvalue weighted by Gasteiger charge is 2.21. The van der Waals surface area contributed by atoms with E-state index in [9.17, 15) is 4.79 Å². The number of anilines is 1. The molecule has 80 valence electrons. The lowest BCUT2D eigenvalue weighted by Gasteiger charge is -2.20. The second-order valence-electron chi connectivity index (χ2n) is 3.47. The van der Waals surface area contributed by atoms with Crippen LogP contribution in [0, 0.1) is 0 Å². The molecule has 0 fully saturated rings. The summed E-state index contributed by atoms with van der Waals surface area (Å²) in [7, 11) is 1.37. The van der Waals surface area contributed by atoms with Crippen molar-refractivity contribution in [3.8, 4) is 0 Å². The van der Waals surface area contributed by atoms with E-state index in [1.807, 2.05) is 6.07 Å². The van der Waals surface area contributed by atoms with Gasteiger partial charge in [0.05, 0.1) is 17.7 Å². The molecule has 0 unspecified atom stereocenters. The molecule has 0 bridgehead atoms. The fourth-order valence-corrected chi connectivity index (χ4v) is 2.11. The summed E-state index contributed by atoms with van der Waals surface area (Å²) in [4.78, 5) is 11.6. The molecule has 1 aromatic rings. The fraction of sp³-hybridized carbons (Fsp3) is 0.364. The Labute approximate surface area is 93.4 Å². The van der Waals surface area contributed by atoms with Crippen molar-refractivity contribution in [2.24, 2.45) is 0 Å². The normalized spacial score (nSPS) is 14.0. The molecule has 4 heteroatoms. The fourth-order valence-electron chi connectivity index (χ4n) is 1.86. The molecule has 0 saturated heterocycles. The van der Waals surface area contributed by atoms with Crippen LogP contribution in [0.25, 0.3) is 0 Å². The van der Waals surface area contributed by atoms with Crippen LogP contribution in [0.4, 0.5) is 5.69 Å². The number of halogens is 1. The van der Waals surface area contributed by atoms with E-state index in [0.29, 0.717) is 10.6 Å². The summed E-state index contributed by atoms with van der Waals surface area (Å²) in [5, 5.41) is 3.71. The zero-order valence-electron chi connectivity index (χ0n) is 8.47. The minimum absolute atomic E-state index is 0.361. The van der Waals surface area contributed by atoms with Gasteiger partial charge in [-0.15, -0.1) is 0 Å². The molecule has 0 spiro atoms. The summed E-state index contributed by atoms with van der Waals surface area (Å²) in [5.41, 5.74) is 2.47. The predicted molar refractivity (Wildman–Crippen MR) is 59.6 cm³/mol. The first-order chi connectivity index (χ1) is 7.24. The molecular weight excluding hydrogens is 214 g/mol. The lowest BCUT2D eigenvalue weighted by atomic mass is 9.97. The molecule has 1 aliphatic heterocycles. The van der Waals surface area contributed by atoms with E-state index >= 15 is 0 Å². The van der Waals surface area contributed by atoms with Crippen LogP contribution < -0.4 is 5.32 Å². The van der Waals surface area contributed by atoms with Crippen LogP contribution in [-0.2, 0) is 11.2 Å². The largest absolute Gasteiger partial charge is 0.465 e. The molecule has 0 atom stereocenters. The minimum Gasteiger partial charge on any atom is -0.465 e. The molecule has 15 heavy (non-hydrogen) atoms. The molecule has 0 amide bonds. The van der Waals surface area contributed by atoms with Crippen molar-refractivity contribution in [2.45, 2.75) is 12.8 Å². The number of carbonyl (C=O) groups is 1. The van der Waals surface area contributed by atoms with Gasteiger partial charge in [0.1, 0.15) is 0 Å². The minimum atomic E-state index is -0.361. The van der Waals surface area contributed by atoms with E-state index < -0.39 is 0 Å². The molecule has 0 aliphatic carbocycles. The van der Waals surface area contributed by atoms with Crippen LogP contribution in [0.3, 0.4) is 0 Å². The standard InChI is InChI=1S/C11H12ClNO2/c1-15-11(14)10-7-3-2-6-13-9(7)5-4-8(10)12/h4-5,13H,2-3,6H2,1H3. The molecule has 0 radical (unpaired) electrons. The number of hydrogen-bond donors (Lipinski definition) is 1. The summed E-state index contributed by atoms with van der Waals surface area (Å²) in [6.45, 7) is 0.940. The van der Waals surface area contributed by atoms with Gasteiger partial charge in [0, 0.05) is 12.2 Å². The summed E-state index contributed by atoms with van der Waals surface area (Å²) >= 11 is 6.01. The Morgan fingerprint density at radius 1 is 1.53 bits per heavy atom. The van der Waals surface area contributed by atoms with E-state index in [2.05, 4.69) is 5.32 Å². The second-order valence-corrected chi connectivity index (χ2v) is 3.88. The summed E-state index contributed by atoms with van der Waals surface area (Å²) in [6.07, 6.45) is 1.88. The van der Waals surface area contributed by atoms with E-state index in [-0.39, 0.29) is 5.97 Å². The molecular formula is C11H12ClNO2. The summed E-state index contributed by atoms with van der Waals surface area (Å²) in [6, 6.07) is 3.63. The summed E-state index contributed by atoms with van der Waals surface area (Å²) in [5.74, 6) is -0.361. The first-order valence-electron chi connectivity index (χ1n) is 4.87. The number of nitrogens with one attached hydrogen (secondary N) is 1. The van der Waals surface area contributed by atoms with E-state index in [0.717, 1.165) is 30.6 Å². The number of methoxy groups -OCH3 is 1. The van der Waals surface area contributed by atoms with Gasteiger partial charge in [0.2, 0.25) is 0 Å². The summed E-state index contributed by atoms with van der Waals surface area (Å²) < 4.78 is 4.73. The highest BCUT2D eigenvalue weighted by atomic mass is 35.5. The average molecular weight is 226 g/mol. The highest BCUT2D eigenvalue weighted by molar-refractivity contribution is 6.34. The van der Waals surface area contributed by atoms with Crippen LogP contribution in [0.15, 0.2) is 12.1 Å². The average Bonchev–Trinajstić information content (AvgIpc) is 2.28. The van der Waals surface area contributed by atoms with Crippen molar-refractivity contribution in [1.82, 2.24) is 0 Å². The Morgan fingerprint density at radius 2 is 2.33 bits per heavy atom. The number of carbonyl (C=O) groups excluding carboxylic acids is 1. The van der Waals surface area contributed by atoms with Crippen molar-refractivity contribution in [3.05, 3.63) is 28.3 Å². The van der Waals surface area contributed by atoms with Gasteiger partial charge >= 0.3 is 5.97 Å². The third-order valence-electron chi connectivity index (χ3n) is 2.57. The van der Waals surface area contributed by atoms with Crippen molar-refractivity contribution in [1.29, 1.82) is 0 Å². The smallest absolute Gasteiger partial charge is 0.339 e. The lowest BCUT2D eigenvalue weighted by Crippen LogP contribution is -2.16. The van der Waals surface area contributed by atoms with E-state index in [1.54, 1.807) is 6.07 Å². The maximum atomic E-state index is 11.6. The number of fused-ring (bicyclic) bond motifs is 1. The first kappa shape index (κ1) is 10.3. The zero-order valence-corrected chi connectivity index (χ0v) is 9.23. The molecule has 2 rings (SSSR count). The SMILES string of the molecule is COC(=O)c1c(Cl)ccc2c1CCCN2. The molecule has 0 aromatic heterocycles. The topological polar surface area (TPSA) is 38.3 Å². The van der Waals surface area contributed by atoms with Crippen LogP contribution in [-0.4, -0.2) is 19.6 Å². The number of benzene rings is 1. The van der Waals surface area contributed by atoms with Gasteiger partial charge in [-0.3, -0.25) is 0 Å². The van der Waals surface area contributed by atoms with E-state index in [4.69, 9.17) is 16.3 Å². The predicted octanol–water partition coefficient (Wildman–Crippen LogP) is 2.48. The third kappa shape index (κ3) is 1.79. The number of ether oxygens (including phenoxy) is 1.